The highest BCUT2D eigenvalue weighted by molar-refractivity contribution is 6.49. The highest BCUT2D eigenvalue weighted by Crippen LogP contribution is 2.28. The van der Waals surface area contributed by atoms with E-state index >= 15 is 0 Å². The van der Waals surface area contributed by atoms with Gasteiger partial charge in [-0.05, 0) is 36.2 Å². The molecule has 1 aromatic heterocycles. The van der Waals surface area contributed by atoms with E-state index in [1.54, 1.807) is 0 Å². The monoisotopic (exact) mass is 247 g/mol. The molecule has 2 nitrogen and oxygen atoms in total. The standard InChI is InChI=1S/C14H21NOSi/c1-14(2,3)11-6-7-12-10(8-11)9-13(15-12)16-17(4)5/h6-9,15,17H,1-5H3. The van der Waals surface area contributed by atoms with Gasteiger partial charge < -0.3 is 9.41 Å². The Balaban J connectivity index is 2.41. The predicted octanol–water partition coefficient (Wildman–Crippen LogP) is 3.83. The van der Waals surface area contributed by atoms with Crippen molar-refractivity contribution in [3.8, 4) is 5.88 Å². The summed E-state index contributed by atoms with van der Waals surface area (Å²) in [6.07, 6.45) is 0. The van der Waals surface area contributed by atoms with Crippen molar-refractivity contribution in [2.24, 2.45) is 0 Å². The number of benzene rings is 1. The quantitative estimate of drug-likeness (QED) is 0.802. The molecule has 0 saturated carbocycles. The lowest BCUT2D eigenvalue weighted by atomic mass is 9.86. The number of hydrogen-bond donors (Lipinski definition) is 1. The van der Waals surface area contributed by atoms with E-state index in [1.807, 2.05) is 0 Å². The van der Waals surface area contributed by atoms with Gasteiger partial charge in [-0.15, -0.1) is 0 Å². The Morgan fingerprint density at radius 3 is 2.41 bits per heavy atom. The molecule has 92 valence electrons. The lowest BCUT2D eigenvalue weighted by molar-refractivity contribution is 0.562. The van der Waals surface area contributed by atoms with Crippen LogP contribution in [0.15, 0.2) is 24.3 Å². The van der Waals surface area contributed by atoms with Crippen molar-refractivity contribution >= 4 is 19.9 Å². The Morgan fingerprint density at radius 1 is 1.12 bits per heavy atom. The van der Waals surface area contributed by atoms with Crippen LogP contribution in [0.5, 0.6) is 5.88 Å². The topological polar surface area (TPSA) is 25.0 Å². The fourth-order valence-corrected chi connectivity index (χ4v) is 2.52. The molecule has 0 aliphatic rings. The molecule has 1 heterocycles. The molecular weight excluding hydrogens is 226 g/mol. The number of rotatable bonds is 2. The third kappa shape index (κ3) is 2.72. The molecule has 0 radical (unpaired) electrons. The van der Waals surface area contributed by atoms with Crippen molar-refractivity contribution < 1.29 is 4.43 Å². The second-order valence-electron chi connectivity index (χ2n) is 5.85. The van der Waals surface area contributed by atoms with Crippen LogP contribution in [0, 0.1) is 0 Å². The number of nitrogens with one attached hydrogen (secondary N) is 1. The van der Waals surface area contributed by atoms with E-state index in [9.17, 15) is 0 Å². The molecule has 0 saturated heterocycles. The fourth-order valence-electron chi connectivity index (χ4n) is 1.89. The Morgan fingerprint density at radius 2 is 1.82 bits per heavy atom. The molecule has 0 spiro atoms. The first-order valence-corrected chi connectivity index (χ1v) is 8.94. The van der Waals surface area contributed by atoms with E-state index in [4.69, 9.17) is 4.43 Å². The largest absolute Gasteiger partial charge is 0.535 e. The predicted molar refractivity (Wildman–Crippen MR) is 76.5 cm³/mol. The van der Waals surface area contributed by atoms with E-state index in [2.05, 4.69) is 63.1 Å². The Labute approximate surface area is 105 Å². The van der Waals surface area contributed by atoms with Crippen molar-refractivity contribution in [2.45, 2.75) is 39.3 Å². The Hall–Kier alpha value is -1.22. The zero-order valence-electron chi connectivity index (χ0n) is 11.3. The highest BCUT2D eigenvalue weighted by Gasteiger charge is 2.14. The van der Waals surface area contributed by atoms with E-state index < -0.39 is 9.04 Å². The SMILES string of the molecule is C[SiH](C)Oc1cc2cc(C(C)(C)C)ccc2[nH]1. The van der Waals surface area contributed by atoms with Crippen LogP contribution in [0.3, 0.4) is 0 Å². The smallest absolute Gasteiger partial charge is 0.231 e. The van der Waals surface area contributed by atoms with Crippen LogP contribution in [0.1, 0.15) is 26.3 Å². The van der Waals surface area contributed by atoms with Crippen LogP contribution in [-0.4, -0.2) is 14.0 Å². The zero-order chi connectivity index (χ0) is 12.6. The van der Waals surface area contributed by atoms with E-state index in [0.717, 1.165) is 11.4 Å². The first kappa shape index (κ1) is 12.2. The minimum Gasteiger partial charge on any atom is -0.535 e. The van der Waals surface area contributed by atoms with Crippen molar-refractivity contribution in [1.29, 1.82) is 0 Å². The third-order valence-electron chi connectivity index (χ3n) is 2.82. The maximum Gasteiger partial charge on any atom is 0.231 e. The average molecular weight is 247 g/mol. The molecule has 0 aliphatic heterocycles. The van der Waals surface area contributed by atoms with Crippen LogP contribution in [0.2, 0.25) is 13.1 Å². The van der Waals surface area contributed by atoms with Crippen LogP contribution in [0.4, 0.5) is 0 Å². The zero-order valence-corrected chi connectivity index (χ0v) is 12.4. The van der Waals surface area contributed by atoms with Gasteiger partial charge in [-0.3, -0.25) is 0 Å². The Bertz CT molecular complexity index is 522. The van der Waals surface area contributed by atoms with Gasteiger partial charge in [0, 0.05) is 17.0 Å². The molecule has 1 aromatic carbocycles. The van der Waals surface area contributed by atoms with E-state index in [1.165, 1.54) is 10.9 Å². The summed E-state index contributed by atoms with van der Waals surface area (Å²) in [6, 6.07) is 8.69. The summed E-state index contributed by atoms with van der Waals surface area (Å²) in [5, 5.41) is 1.24. The molecule has 2 aromatic rings. The van der Waals surface area contributed by atoms with Crippen molar-refractivity contribution in [2.75, 3.05) is 0 Å². The third-order valence-corrected chi connectivity index (χ3v) is 3.55. The molecule has 3 heteroatoms. The molecule has 0 unspecified atom stereocenters. The van der Waals surface area contributed by atoms with E-state index in [-0.39, 0.29) is 5.41 Å². The van der Waals surface area contributed by atoms with Gasteiger partial charge >= 0.3 is 0 Å². The summed E-state index contributed by atoms with van der Waals surface area (Å²) in [6.45, 7) is 11.1. The molecule has 0 atom stereocenters. The highest BCUT2D eigenvalue weighted by atomic mass is 28.3. The number of hydrogen-bond acceptors (Lipinski definition) is 1. The van der Waals surface area contributed by atoms with Crippen LogP contribution >= 0.6 is 0 Å². The van der Waals surface area contributed by atoms with Gasteiger partial charge in [0.05, 0.1) is 0 Å². The van der Waals surface area contributed by atoms with Crippen LogP contribution in [0.25, 0.3) is 10.9 Å². The lowest BCUT2D eigenvalue weighted by Crippen LogP contribution is -2.11. The normalized spacial score (nSPS) is 12.4. The van der Waals surface area contributed by atoms with Gasteiger partial charge in [-0.1, -0.05) is 26.8 Å². The minimum atomic E-state index is -1.03. The Kier molecular flexibility index (Phi) is 3.04. The lowest BCUT2D eigenvalue weighted by Gasteiger charge is -2.18. The summed E-state index contributed by atoms with van der Waals surface area (Å²) in [5.74, 6) is 0.910. The van der Waals surface area contributed by atoms with Crippen LogP contribution < -0.4 is 4.43 Å². The van der Waals surface area contributed by atoms with E-state index in [0.29, 0.717) is 0 Å². The molecule has 0 fully saturated rings. The number of fused-ring (bicyclic) bond motifs is 1. The summed E-state index contributed by atoms with van der Waals surface area (Å²) in [4.78, 5) is 3.32. The summed E-state index contributed by atoms with van der Waals surface area (Å²) in [7, 11) is -1.03. The molecule has 1 N–H and O–H groups in total. The second-order valence-corrected chi connectivity index (χ2v) is 8.19. The first-order chi connectivity index (χ1) is 7.86. The van der Waals surface area contributed by atoms with Crippen molar-refractivity contribution in [3.63, 3.8) is 0 Å². The van der Waals surface area contributed by atoms with Gasteiger partial charge in [0.15, 0.2) is 5.88 Å². The van der Waals surface area contributed by atoms with Gasteiger partial charge in [-0.25, -0.2) is 0 Å². The van der Waals surface area contributed by atoms with Crippen LogP contribution in [-0.2, 0) is 5.41 Å². The maximum absolute atomic E-state index is 5.81. The summed E-state index contributed by atoms with van der Waals surface area (Å²) >= 11 is 0. The molecule has 2 rings (SSSR count). The molecule has 0 bridgehead atoms. The fraction of sp³-hybridized carbons (Fsp3) is 0.429. The second kappa shape index (κ2) is 4.22. The number of aromatic nitrogens is 1. The number of H-pyrrole nitrogens is 1. The van der Waals surface area contributed by atoms with Gasteiger partial charge in [0.25, 0.3) is 0 Å². The van der Waals surface area contributed by atoms with Gasteiger partial charge in [0.1, 0.15) is 0 Å². The molecule has 0 amide bonds. The summed E-state index contributed by atoms with van der Waals surface area (Å²) in [5.41, 5.74) is 2.71. The summed E-state index contributed by atoms with van der Waals surface area (Å²) < 4.78 is 5.81. The molecule has 17 heavy (non-hydrogen) atoms. The van der Waals surface area contributed by atoms with Crippen molar-refractivity contribution in [3.05, 3.63) is 29.8 Å². The number of aromatic amines is 1. The van der Waals surface area contributed by atoms with Gasteiger partial charge in [0.2, 0.25) is 9.04 Å². The van der Waals surface area contributed by atoms with Gasteiger partial charge in [-0.2, -0.15) is 0 Å². The minimum absolute atomic E-state index is 0.194. The van der Waals surface area contributed by atoms with Crippen molar-refractivity contribution in [1.82, 2.24) is 4.98 Å². The average Bonchev–Trinajstić information content (AvgIpc) is 2.55. The molecule has 0 aliphatic carbocycles. The molecular formula is C14H21NOSi. The maximum atomic E-state index is 5.81. The first-order valence-electron chi connectivity index (χ1n) is 6.16.